The van der Waals surface area contributed by atoms with E-state index in [4.69, 9.17) is 0 Å². The van der Waals surface area contributed by atoms with Crippen molar-refractivity contribution in [3.8, 4) is 0 Å². The smallest absolute Gasteiger partial charge is 0.0698 e. The summed E-state index contributed by atoms with van der Waals surface area (Å²) in [4.78, 5) is 0. The van der Waals surface area contributed by atoms with E-state index in [9.17, 15) is 5.11 Å². The molecule has 2 fully saturated rings. The first-order valence-electron chi connectivity index (χ1n) is 6.59. The van der Waals surface area contributed by atoms with Crippen LogP contribution in [0.25, 0.3) is 0 Å². The summed E-state index contributed by atoms with van der Waals surface area (Å²) in [6, 6.07) is 0. The molecule has 15 heavy (non-hydrogen) atoms. The van der Waals surface area contributed by atoms with Gasteiger partial charge in [-0.1, -0.05) is 40.0 Å². The molecule has 0 aromatic heterocycles. The molecule has 0 heterocycles. The molecule has 0 aliphatic heterocycles. The van der Waals surface area contributed by atoms with E-state index in [1.54, 1.807) is 0 Å². The van der Waals surface area contributed by atoms with Crippen LogP contribution in [0.5, 0.6) is 0 Å². The molecule has 88 valence electrons. The highest BCUT2D eigenvalue weighted by Gasteiger charge is 2.54. The molecule has 0 radical (unpaired) electrons. The predicted octanol–water partition coefficient (Wildman–Crippen LogP) is 3.61. The molecular weight excluding hydrogens is 184 g/mol. The van der Waals surface area contributed by atoms with Crippen LogP contribution in [-0.4, -0.2) is 10.7 Å². The van der Waals surface area contributed by atoms with Gasteiger partial charge in [-0.3, -0.25) is 0 Å². The van der Waals surface area contributed by atoms with Gasteiger partial charge in [-0.25, -0.2) is 0 Å². The van der Waals surface area contributed by atoms with E-state index in [0.717, 1.165) is 11.8 Å². The molecule has 0 saturated heterocycles. The van der Waals surface area contributed by atoms with Crippen molar-refractivity contribution in [3.63, 3.8) is 0 Å². The SMILES string of the molecule is CC1CC2CCCCC2C(C)(C)C1(C)O. The van der Waals surface area contributed by atoms with Gasteiger partial charge in [-0.2, -0.15) is 0 Å². The summed E-state index contributed by atoms with van der Waals surface area (Å²) in [6.07, 6.45) is 6.75. The van der Waals surface area contributed by atoms with E-state index in [1.165, 1.54) is 32.1 Å². The van der Waals surface area contributed by atoms with E-state index >= 15 is 0 Å². The van der Waals surface area contributed by atoms with Crippen molar-refractivity contribution >= 4 is 0 Å². The normalized spacial score (nSPS) is 49.8. The largest absolute Gasteiger partial charge is 0.389 e. The second kappa shape index (κ2) is 3.48. The summed E-state index contributed by atoms with van der Waals surface area (Å²) in [6.45, 7) is 8.85. The van der Waals surface area contributed by atoms with Gasteiger partial charge in [-0.15, -0.1) is 0 Å². The lowest BCUT2D eigenvalue weighted by atomic mass is 9.50. The lowest BCUT2D eigenvalue weighted by molar-refractivity contribution is -0.174. The number of hydrogen-bond acceptors (Lipinski definition) is 1. The minimum Gasteiger partial charge on any atom is -0.389 e. The second-order valence-corrected chi connectivity index (χ2v) is 6.66. The molecule has 0 amide bonds. The third-order valence-corrected chi connectivity index (χ3v) is 5.76. The first-order valence-corrected chi connectivity index (χ1v) is 6.59. The Hall–Kier alpha value is -0.0400. The Bertz CT molecular complexity index is 242. The van der Waals surface area contributed by atoms with Crippen LogP contribution in [0.2, 0.25) is 0 Å². The summed E-state index contributed by atoms with van der Waals surface area (Å²) in [5.74, 6) is 2.08. The minimum atomic E-state index is -0.481. The van der Waals surface area contributed by atoms with Crippen molar-refractivity contribution in [2.45, 2.75) is 65.4 Å². The van der Waals surface area contributed by atoms with E-state index in [1.807, 2.05) is 0 Å². The van der Waals surface area contributed by atoms with Gasteiger partial charge in [0.1, 0.15) is 0 Å². The topological polar surface area (TPSA) is 20.2 Å². The molecule has 0 bridgehead atoms. The third-order valence-electron chi connectivity index (χ3n) is 5.76. The van der Waals surface area contributed by atoms with E-state index < -0.39 is 5.60 Å². The van der Waals surface area contributed by atoms with Crippen LogP contribution in [0.1, 0.15) is 59.8 Å². The highest BCUT2D eigenvalue weighted by atomic mass is 16.3. The molecule has 0 spiro atoms. The van der Waals surface area contributed by atoms with Crippen LogP contribution in [0.3, 0.4) is 0 Å². The molecule has 4 unspecified atom stereocenters. The monoisotopic (exact) mass is 210 g/mol. The van der Waals surface area contributed by atoms with Crippen LogP contribution in [0.15, 0.2) is 0 Å². The van der Waals surface area contributed by atoms with Crippen LogP contribution in [0, 0.1) is 23.2 Å². The third kappa shape index (κ3) is 1.54. The molecule has 1 N–H and O–H groups in total. The van der Waals surface area contributed by atoms with E-state index in [0.29, 0.717) is 5.92 Å². The fourth-order valence-electron chi connectivity index (χ4n) is 4.13. The highest BCUT2D eigenvalue weighted by molar-refractivity contribution is 5.04. The Morgan fingerprint density at radius 3 is 2.33 bits per heavy atom. The van der Waals surface area contributed by atoms with Crippen molar-refractivity contribution in [1.82, 2.24) is 0 Å². The van der Waals surface area contributed by atoms with Gasteiger partial charge in [0.2, 0.25) is 0 Å². The molecule has 0 aromatic rings. The zero-order chi connectivity index (χ0) is 11.3. The fourth-order valence-corrected chi connectivity index (χ4v) is 4.13. The average Bonchev–Trinajstić information content (AvgIpc) is 2.16. The van der Waals surface area contributed by atoms with E-state index in [2.05, 4.69) is 27.7 Å². The second-order valence-electron chi connectivity index (χ2n) is 6.66. The van der Waals surface area contributed by atoms with Crippen LogP contribution in [-0.2, 0) is 0 Å². The van der Waals surface area contributed by atoms with Crippen LogP contribution < -0.4 is 0 Å². The fraction of sp³-hybridized carbons (Fsp3) is 1.00. The predicted molar refractivity (Wildman–Crippen MR) is 63.6 cm³/mol. The quantitative estimate of drug-likeness (QED) is 0.647. The Morgan fingerprint density at radius 1 is 1.07 bits per heavy atom. The number of hydrogen-bond donors (Lipinski definition) is 1. The van der Waals surface area contributed by atoms with Crippen LogP contribution in [0.4, 0.5) is 0 Å². The first-order chi connectivity index (χ1) is 6.87. The van der Waals surface area contributed by atoms with Gasteiger partial charge in [0.15, 0.2) is 0 Å². The number of aliphatic hydroxyl groups is 1. The molecule has 1 heteroatoms. The van der Waals surface area contributed by atoms with Gasteiger partial charge in [-0.05, 0) is 42.9 Å². The van der Waals surface area contributed by atoms with Crippen molar-refractivity contribution in [2.75, 3.05) is 0 Å². The van der Waals surface area contributed by atoms with Gasteiger partial charge in [0.25, 0.3) is 0 Å². The lowest BCUT2D eigenvalue weighted by Gasteiger charge is -2.57. The summed E-state index contributed by atoms with van der Waals surface area (Å²) < 4.78 is 0. The van der Waals surface area contributed by atoms with Crippen molar-refractivity contribution in [3.05, 3.63) is 0 Å². The number of fused-ring (bicyclic) bond motifs is 1. The van der Waals surface area contributed by atoms with Crippen molar-refractivity contribution < 1.29 is 5.11 Å². The average molecular weight is 210 g/mol. The standard InChI is InChI=1S/C14H26O/c1-10-9-11-7-5-6-8-12(11)13(2,3)14(10,4)15/h10-12,15H,5-9H2,1-4H3. The Kier molecular flexibility index (Phi) is 2.65. The van der Waals surface area contributed by atoms with Gasteiger partial charge in [0, 0.05) is 0 Å². The Labute approximate surface area is 94.3 Å². The molecule has 2 aliphatic carbocycles. The van der Waals surface area contributed by atoms with Gasteiger partial charge >= 0.3 is 0 Å². The van der Waals surface area contributed by atoms with Crippen molar-refractivity contribution in [2.24, 2.45) is 23.2 Å². The van der Waals surface area contributed by atoms with Crippen LogP contribution >= 0.6 is 0 Å². The maximum atomic E-state index is 10.7. The number of rotatable bonds is 0. The highest BCUT2D eigenvalue weighted by Crippen LogP contribution is 2.56. The van der Waals surface area contributed by atoms with Gasteiger partial charge < -0.3 is 5.11 Å². The van der Waals surface area contributed by atoms with Gasteiger partial charge in [0.05, 0.1) is 5.60 Å². The zero-order valence-electron chi connectivity index (χ0n) is 10.7. The van der Waals surface area contributed by atoms with E-state index in [-0.39, 0.29) is 5.41 Å². The molecule has 1 nitrogen and oxygen atoms in total. The van der Waals surface area contributed by atoms with Crippen molar-refractivity contribution in [1.29, 1.82) is 0 Å². The first kappa shape index (κ1) is 11.4. The molecule has 0 aromatic carbocycles. The minimum absolute atomic E-state index is 0.0930. The molecule has 2 aliphatic rings. The Morgan fingerprint density at radius 2 is 1.67 bits per heavy atom. The Balaban J connectivity index is 2.29. The molecule has 2 rings (SSSR count). The lowest BCUT2D eigenvalue weighted by Crippen LogP contribution is -2.57. The molecular formula is C14H26O. The summed E-state index contributed by atoms with van der Waals surface area (Å²) >= 11 is 0. The molecule has 4 atom stereocenters. The molecule has 2 saturated carbocycles. The summed E-state index contributed by atoms with van der Waals surface area (Å²) in [7, 11) is 0. The maximum absolute atomic E-state index is 10.7. The summed E-state index contributed by atoms with van der Waals surface area (Å²) in [5.41, 5.74) is -0.388. The zero-order valence-corrected chi connectivity index (χ0v) is 10.7. The maximum Gasteiger partial charge on any atom is 0.0698 e. The summed E-state index contributed by atoms with van der Waals surface area (Å²) in [5, 5.41) is 10.7.